The fraction of sp³-hybridized carbons (Fsp3) is 0.208. The summed E-state index contributed by atoms with van der Waals surface area (Å²) in [7, 11) is -2.35. The number of sulfonamides is 1. The van der Waals surface area contributed by atoms with Crippen molar-refractivity contribution in [1.29, 1.82) is 0 Å². The number of carbonyl (C=O) groups is 1. The van der Waals surface area contributed by atoms with Gasteiger partial charge in [-0.05, 0) is 67.4 Å². The Kier molecular flexibility index (Phi) is 6.49. The average Bonchev–Trinajstić information content (AvgIpc) is 3.13. The molecule has 0 aromatic heterocycles. The number of anilines is 2. The summed E-state index contributed by atoms with van der Waals surface area (Å²) in [5, 5.41) is 0.293. The molecular formula is C24H23ClN2O5S. The number of halogens is 1. The van der Waals surface area contributed by atoms with Crippen molar-refractivity contribution < 1.29 is 22.7 Å². The van der Waals surface area contributed by atoms with E-state index in [1.54, 1.807) is 17.0 Å². The molecular weight excluding hydrogens is 464 g/mol. The second-order valence-electron chi connectivity index (χ2n) is 7.66. The summed E-state index contributed by atoms with van der Waals surface area (Å²) in [4.78, 5) is 14.6. The van der Waals surface area contributed by atoms with Crippen molar-refractivity contribution in [3.8, 4) is 11.5 Å². The summed E-state index contributed by atoms with van der Waals surface area (Å²) in [6.45, 7) is 1.86. The standard InChI is InChI=1S/C24H23ClN2O5S/c1-16-13-17-5-3-4-6-22(17)27(16)24(28)15-32-19-8-10-20(11-9-19)33(29,30)26-18-7-12-23(31-2)21(25)14-18/h3-12,14,16,26H,13,15H2,1-2H3. The van der Waals surface area contributed by atoms with Gasteiger partial charge in [0, 0.05) is 11.7 Å². The number of para-hydroxylation sites is 1. The topological polar surface area (TPSA) is 84.9 Å². The zero-order valence-electron chi connectivity index (χ0n) is 18.1. The summed E-state index contributed by atoms with van der Waals surface area (Å²) in [6.07, 6.45) is 0.806. The van der Waals surface area contributed by atoms with Crippen molar-refractivity contribution in [3.05, 3.63) is 77.3 Å². The van der Waals surface area contributed by atoms with E-state index in [-0.39, 0.29) is 23.5 Å². The number of benzene rings is 3. The Labute approximate surface area is 197 Å². The number of hydrogen-bond donors (Lipinski definition) is 1. The molecule has 1 aliphatic rings. The second kappa shape index (κ2) is 9.33. The van der Waals surface area contributed by atoms with Gasteiger partial charge in [0.2, 0.25) is 0 Å². The minimum atomic E-state index is -3.83. The van der Waals surface area contributed by atoms with Gasteiger partial charge in [0.05, 0.1) is 22.7 Å². The predicted octanol–water partition coefficient (Wildman–Crippen LogP) is 4.51. The molecule has 0 saturated heterocycles. The minimum absolute atomic E-state index is 0.0511. The number of hydrogen-bond acceptors (Lipinski definition) is 5. The molecule has 1 unspecified atom stereocenters. The Morgan fingerprint density at radius 1 is 1.12 bits per heavy atom. The number of amides is 1. The van der Waals surface area contributed by atoms with Crippen molar-refractivity contribution in [3.63, 3.8) is 0 Å². The number of carbonyl (C=O) groups excluding carboxylic acids is 1. The second-order valence-corrected chi connectivity index (χ2v) is 9.75. The number of nitrogens with zero attached hydrogens (tertiary/aromatic N) is 1. The maximum absolute atomic E-state index is 12.8. The smallest absolute Gasteiger partial charge is 0.265 e. The van der Waals surface area contributed by atoms with Gasteiger partial charge in [-0.15, -0.1) is 0 Å². The van der Waals surface area contributed by atoms with Crippen LogP contribution in [0, 0.1) is 0 Å². The quantitative estimate of drug-likeness (QED) is 0.531. The lowest BCUT2D eigenvalue weighted by Crippen LogP contribution is -2.39. The first-order chi connectivity index (χ1) is 15.8. The third-order valence-corrected chi connectivity index (χ3v) is 7.07. The Morgan fingerprint density at radius 3 is 2.55 bits per heavy atom. The largest absolute Gasteiger partial charge is 0.495 e. The van der Waals surface area contributed by atoms with Crippen LogP contribution in [0.3, 0.4) is 0 Å². The van der Waals surface area contributed by atoms with E-state index in [0.29, 0.717) is 22.2 Å². The molecule has 1 heterocycles. The number of fused-ring (bicyclic) bond motifs is 1. The minimum Gasteiger partial charge on any atom is -0.495 e. The van der Waals surface area contributed by atoms with Crippen LogP contribution >= 0.6 is 11.6 Å². The molecule has 0 bridgehead atoms. The van der Waals surface area contributed by atoms with Gasteiger partial charge in [0.1, 0.15) is 11.5 Å². The highest BCUT2D eigenvalue weighted by atomic mass is 35.5. The molecule has 1 aliphatic heterocycles. The van der Waals surface area contributed by atoms with E-state index in [1.165, 1.54) is 37.4 Å². The van der Waals surface area contributed by atoms with Gasteiger partial charge in [0.15, 0.2) is 6.61 Å². The van der Waals surface area contributed by atoms with Gasteiger partial charge in [0.25, 0.3) is 15.9 Å². The van der Waals surface area contributed by atoms with Crippen LogP contribution in [0.5, 0.6) is 11.5 Å². The van der Waals surface area contributed by atoms with Crippen molar-refractivity contribution in [1.82, 2.24) is 0 Å². The third-order valence-electron chi connectivity index (χ3n) is 5.38. The highest BCUT2D eigenvalue weighted by Crippen LogP contribution is 2.32. The maximum Gasteiger partial charge on any atom is 0.265 e. The van der Waals surface area contributed by atoms with Gasteiger partial charge >= 0.3 is 0 Å². The SMILES string of the molecule is COc1ccc(NS(=O)(=O)c2ccc(OCC(=O)N3c4ccccc4CC3C)cc2)cc1Cl. The van der Waals surface area contributed by atoms with Crippen molar-refractivity contribution in [2.24, 2.45) is 0 Å². The summed E-state index contributed by atoms with van der Waals surface area (Å²) in [5.41, 5.74) is 2.36. The Hall–Kier alpha value is -3.23. The van der Waals surface area contributed by atoms with E-state index in [2.05, 4.69) is 4.72 Å². The lowest BCUT2D eigenvalue weighted by molar-refractivity contribution is -0.120. The molecule has 3 aromatic carbocycles. The van der Waals surface area contributed by atoms with Crippen LogP contribution in [-0.2, 0) is 21.2 Å². The van der Waals surface area contributed by atoms with Crippen LogP contribution in [-0.4, -0.2) is 34.1 Å². The van der Waals surface area contributed by atoms with Crippen molar-refractivity contribution >= 4 is 38.9 Å². The molecule has 1 N–H and O–H groups in total. The summed E-state index contributed by atoms with van der Waals surface area (Å²) >= 11 is 6.06. The van der Waals surface area contributed by atoms with Crippen LogP contribution in [0.25, 0.3) is 0 Å². The molecule has 4 rings (SSSR count). The van der Waals surface area contributed by atoms with E-state index in [9.17, 15) is 13.2 Å². The monoisotopic (exact) mass is 486 g/mol. The van der Waals surface area contributed by atoms with Gasteiger partial charge in [-0.3, -0.25) is 9.52 Å². The zero-order chi connectivity index (χ0) is 23.6. The zero-order valence-corrected chi connectivity index (χ0v) is 19.7. The van der Waals surface area contributed by atoms with Crippen LogP contribution in [0.4, 0.5) is 11.4 Å². The van der Waals surface area contributed by atoms with Crippen molar-refractivity contribution in [2.45, 2.75) is 24.3 Å². The average molecular weight is 487 g/mol. The maximum atomic E-state index is 12.8. The fourth-order valence-corrected chi connectivity index (χ4v) is 5.13. The van der Waals surface area contributed by atoms with Gasteiger partial charge in [-0.2, -0.15) is 0 Å². The molecule has 0 saturated carbocycles. The Morgan fingerprint density at radius 2 is 1.85 bits per heavy atom. The molecule has 33 heavy (non-hydrogen) atoms. The third kappa shape index (κ3) is 4.91. The normalized spacial score (nSPS) is 15.1. The Bertz CT molecular complexity index is 1280. The molecule has 0 aliphatic carbocycles. The molecule has 9 heteroatoms. The fourth-order valence-electron chi connectivity index (χ4n) is 3.82. The summed E-state index contributed by atoms with van der Waals surface area (Å²) in [6, 6.07) is 18.4. The number of nitrogens with one attached hydrogen (secondary N) is 1. The molecule has 0 radical (unpaired) electrons. The number of methoxy groups -OCH3 is 1. The first-order valence-electron chi connectivity index (χ1n) is 10.3. The molecule has 1 atom stereocenters. The first kappa shape index (κ1) is 22.9. The van der Waals surface area contributed by atoms with Gasteiger partial charge in [-0.1, -0.05) is 29.8 Å². The van der Waals surface area contributed by atoms with Gasteiger partial charge in [-0.25, -0.2) is 8.42 Å². The molecule has 0 fully saturated rings. The molecule has 1 amide bonds. The highest BCUT2D eigenvalue weighted by Gasteiger charge is 2.30. The van der Waals surface area contributed by atoms with E-state index >= 15 is 0 Å². The summed E-state index contributed by atoms with van der Waals surface area (Å²) < 4.78 is 38.6. The van der Waals surface area contributed by atoms with Crippen LogP contribution in [0.2, 0.25) is 5.02 Å². The van der Waals surface area contributed by atoms with E-state index in [1.807, 2.05) is 31.2 Å². The first-order valence-corrected chi connectivity index (χ1v) is 12.1. The van der Waals surface area contributed by atoms with Gasteiger partial charge < -0.3 is 14.4 Å². The Balaban J connectivity index is 1.40. The van der Waals surface area contributed by atoms with E-state index < -0.39 is 10.0 Å². The number of rotatable bonds is 7. The molecule has 7 nitrogen and oxygen atoms in total. The van der Waals surface area contributed by atoms with Crippen LogP contribution in [0.1, 0.15) is 12.5 Å². The van der Waals surface area contributed by atoms with Crippen LogP contribution in [0.15, 0.2) is 71.6 Å². The predicted molar refractivity (Wildman–Crippen MR) is 128 cm³/mol. The highest BCUT2D eigenvalue weighted by molar-refractivity contribution is 7.92. The molecule has 0 spiro atoms. The van der Waals surface area contributed by atoms with Crippen molar-refractivity contribution in [2.75, 3.05) is 23.3 Å². The molecule has 3 aromatic rings. The van der Waals surface area contributed by atoms with Crippen LogP contribution < -0.4 is 19.1 Å². The van der Waals surface area contributed by atoms with E-state index in [4.69, 9.17) is 21.1 Å². The lowest BCUT2D eigenvalue weighted by atomic mass is 10.1. The molecule has 172 valence electrons. The van der Waals surface area contributed by atoms with E-state index in [0.717, 1.165) is 17.7 Å². The lowest BCUT2D eigenvalue weighted by Gasteiger charge is -2.22. The summed E-state index contributed by atoms with van der Waals surface area (Å²) in [5.74, 6) is 0.694. The number of ether oxygens (including phenoxy) is 2.